The molecule has 8 heteroatoms. The Balaban J connectivity index is 1.30. The van der Waals surface area contributed by atoms with Crippen molar-refractivity contribution in [1.82, 2.24) is 10.4 Å². The van der Waals surface area contributed by atoms with Crippen molar-refractivity contribution in [1.29, 1.82) is 0 Å². The van der Waals surface area contributed by atoms with E-state index in [0.717, 1.165) is 22.4 Å². The molecule has 0 unspecified atom stereocenters. The summed E-state index contributed by atoms with van der Waals surface area (Å²) in [6, 6.07) is 32.1. The van der Waals surface area contributed by atoms with Gasteiger partial charge in [-0.2, -0.15) is 8.78 Å². The molecule has 2 amide bonds. The molecule has 6 nitrogen and oxygen atoms in total. The maximum atomic E-state index is 13.1. The summed E-state index contributed by atoms with van der Waals surface area (Å²) in [4.78, 5) is 13.1. The second-order valence-electron chi connectivity index (χ2n) is 8.19. The van der Waals surface area contributed by atoms with Crippen LogP contribution in [0.25, 0.3) is 11.3 Å². The lowest BCUT2D eigenvalue weighted by molar-refractivity contribution is -0.0498. The number of alkyl halides is 2. The number of amides is 2. The molecule has 2 N–H and O–H groups in total. The molecule has 4 aromatic rings. The Kier molecular flexibility index (Phi) is 6.98. The summed E-state index contributed by atoms with van der Waals surface area (Å²) in [6.07, 6.45) is 0. The van der Waals surface area contributed by atoms with Gasteiger partial charge in [-0.05, 0) is 66.2 Å². The minimum Gasteiger partial charge on any atom is -0.457 e. The fourth-order valence-corrected chi connectivity index (χ4v) is 3.94. The lowest BCUT2D eigenvalue weighted by Gasteiger charge is -2.19. The highest BCUT2D eigenvalue weighted by Gasteiger charge is 2.27. The number of carbonyl (C=O) groups excluding carboxylic acids is 1. The average molecular weight is 500 g/mol. The molecule has 4 aromatic carbocycles. The monoisotopic (exact) mass is 499 g/mol. The molecule has 0 aromatic heterocycles. The van der Waals surface area contributed by atoms with Gasteiger partial charge in [0.15, 0.2) is 0 Å². The fourth-order valence-electron chi connectivity index (χ4n) is 3.94. The molecule has 0 spiro atoms. The van der Waals surface area contributed by atoms with Crippen molar-refractivity contribution in [3.8, 4) is 17.2 Å². The molecule has 0 saturated heterocycles. The molecule has 5 rings (SSSR count). The molecule has 0 atom stereocenters. The number of rotatable bonds is 7. The van der Waals surface area contributed by atoms with E-state index in [2.05, 4.69) is 15.5 Å². The molecule has 37 heavy (non-hydrogen) atoms. The molecule has 1 aliphatic heterocycles. The number of anilines is 1. The van der Waals surface area contributed by atoms with Crippen molar-refractivity contribution in [2.45, 2.75) is 6.61 Å². The highest BCUT2D eigenvalue weighted by molar-refractivity contribution is 5.98. The normalized spacial score (nSPS) is 12.9. The van der Waals surface area contributed by atoms with Gasteiger partial charge in [0.2, 0.25) is 0 Å². The van der Waals surface area contributed by atoms with Gasteiger partial charge in [0, 0.05) is 16.8 Å². The smallest absolute Gasteiger partial charge is 0.387 e. The van der Waals surface area contributed by atoms with E-state index in [9.17, 15) is 13.6 Å². The summed E-state index contributed by atoms with van der Waals surface area (Å²) in [7, 11) is 0. The number of benzene rings is 4. The van der Waals surface area contributed by atoms with Crippen molar-refractivity contribution < 1.29 is 23.0 Å². The summed E-state index contributed by atoms with van der Waals surface area (Å²) in [5, 5.41) is 4.36. The Bertz CT molecular complexity index is 1380. The second-order valence-corrected chi connectivity index (χ2v) is 8.19. The van der Waals surface area contributed by atoms with E-state index in [0.29, 0.717) is 23.7 Å². The maximum Gasteiger partial charge on any atom is 0.387 e. The van der Waals surface area contributed by atoms with Gasteiger partial charge in [0.1, 0.15) is 17.2 Å². The zero-order valence-electron chi connectivity index (χ0n) is 19.6. The van der Waals surface area contributed by atoms with E-state index in [1.165, 1.54) is 17.1 Å². The number of hydrogen-bond donors (Lipinski definition) is 2. The quantitative estimate of drug-likeness (QED) is 0.287. The largest absolute Gasteiger partial charge is 0.457 e. The zero-order chi connectivity index (χ0) is 25.6. The van der Waals surface area contributed by atoms with Crippen molar-refractivity contribution in [3.05, 3.63) is 120 Å². The third-order valence-corrected chi connectivity index (χ3v) is 5.68. The number of urea groups is 1. The number of para-hydroxylation sites is 1. The van der Waals surface area contributed by atoms with Gasteiger partial charge in [-0.3, -0.25) is 5.43 Å². The molecule has 0 fully saturated rings. The summed E-state index contributed by atoms with van der Waals surface area (Å²) >= 11 is 0. The van der Waals surface area contributed by atoms with Crippen LogP contribution in [0.15, 0.2) is 109 Å². The minimum atomic E-state index is -2.90. The van der Waals surface area contributed by atoms with E-state index < -0.39 is 6.61 Å². The zero-order valence-corrected chi connectivity index (χ0v) is 19.6. The topological polar surface area (TPSA) is 62.8 Å². The minimum absolute atomic E-state index is 0.0629. The maximum absolute atomic E-state index is 13.1. The van der Waals surface area contributed by atoms with Crippen LogP contribution in [0.1, 0.15) is 11.1 Å². The number of nitrogens with zero attached hydrogens (tertiary/aromatic N) is 1. The Morgan fingerprint density at radius 2 is 1.35 bits per heavy atom. The standard InChI is InChI=1S/C29H23F2N3O3/c30-28(31)37-25-15-11-21(12-16-25)27-26(20-7-3-1-4-8-20)19-34(33-27)29(35)32-22-13-17-24(18-14-22)36-23-9-5-2-6-10-23/h1-18,28,33H,19H2,(H,32,35). The van der Waals surface area contributed by atoms with Crippen LogP contribution in [0, 0.1) is 0 Å². The number of hydrazine groups is 1. The summed E-state index contributed by atoms with van der Waals surface area (Å²) in [5.41, 5.74) is 7.05. The Hall–Kier alpha value is -4.85. The Morgan fingerprint density at radius 3 is 2.00 bits per heavy atom. The average Bonchev–Trinajstić information content (AvgIpc) is 3.37. The first-order chi connectivity index (χ1) is 18.0. The van der Waals surface area contributed by atoms with Crippen LogP contribution < -0.4 is 20.2 Å². The Morgan fingerprint density at radius 1 is 0.757 bits per heavy atom. The predicted octanol–water partition coefficient (Wildman–Crippen LogP) is 7.00. The third kappa shape index (κ3) is 5.87. The predicted molar refractivity (Wildman–Crippen MR) is 138 cm³/mol. The summed E-state index contributed by atoms with van der Waals surface area (Å²) in [6.45, 7) is -2.59. The molecular formula is C29H23F2N3O3. The van der Waals surface area contributed by atoms with E-state index in [1.54, 1.807) is 36.4 Å². The lowest BCUT2D eigenvalue weighted by atomic mass is 10.0. The van der Waals surface area contributed by atoms with Crippen molar-refractivity contribution in [3.63, 3.8) is 0 Å². The number of ether oxygens (including phenoxy) is 2. The third-order valence-electron chi connectivity index (χ3n) is 5.68. The van der Waals surface area contributed by atoms with Gasteiger partial charge in [0.25, 0.3) is 0 Å². The van der Waals surface area contributed by atoms with Gasteiger partial charge in [0.05, 0.1) is 12.2 Å². The van der Waals surface area contributed by atoms with Crippen molar-refractivity contribution in [2.75, 3.05) is 11.9 Å². The highest BCUT2D eigenvalue weighted by atomic mass is 19.3. The summed E-state index contributed by atoms with van der Waals surface area (Å²) in [5.74, 6) is 1.44. The van der Waals surface area contributed by atoms with Gasteiger partial charge >= 0.3 is 12.6 Å². The Labute approximate surface area is 212 Å². The first kappa shape index (κ1) is 23.9. The van der Waals surface area contributed by atoms with Crippen LogP contribution in [0.5, 0.6) is 17.2 Å². The molecular weight excluding hydrogens is 476 g/mol. The molecule has 0 aliphatic carbocycles. The van der Waals surface area contributed by atoms with Crippen LogP contribution in [-0.4, -0.2) is 24.2 Å². The first-order valence-corrected chi connectivity index (χ1v) is 11.6. The molecule has 1 heterocycles. The first-order valence-electron chi connectivity index (χ1n) is 11.6. The molecule has 0 bridgehead atoms. The fraction of sp³-hybridized carbons (Fsp3) is 0.0690. The van der Waals surface area contributed by atoms with Crippen LogP contribution in [0.4, 0.5) is 19.3 Å². The van der Waals surface area contributed by atoms with Crippen LogP contribution in [0.3, 0.4) is 0 Å². The van der Waals surface area contributed by atoms with E-state index in [-0.39, 0.29) is 11.8 Å². The van der Waals surface area contributed by atoms with Crippen molar-refractivity contribution >= 4 is 23.0 Å². The van der Waals surface area contributed by atoms with E-state index >= 15 is 0 Å². The number of hydrogen-bond acceptors (Lipinski definition) is 4. The summed E-state index contributed by atoms with van der Waals surface area (Å²) < 4.78 is 35.3. The second kappa shape index (κ2) is 10.8. The molecule has 0 radical (unpaired) electrons. The van der Waals surface area contributed by atoms with Crippen LogP contribution >= 0.6 is 0 Å². The van der Waals surface area contributed by atoms with E-state index in [1.807, 2.05) is 60.7 Å². The van der Waals surface area contributed by atoms with Gasteiger partial charge in [-0.15, -0.1) is 0 Å². The molecule has 186 valence electrons. The number of nitrogens with one attached hydrogen (secondary N) is 2. The van der Waals surface area contributed by atoms with E-state index in [4.69, 9.17) is 4.74 Å². The van der Waals surface area contributed by atoms with Gasteiger partial charge in [-0.1, -0.05) is 48.5 Å². The molecule has 0 saturated carbocycles. The number of halogens is 2. The lowest BCUT2D eigenvalue weighted by Crippen LogP contribution is -2.40. The van der Waals surface area contributed by atoms with Gasteiger partial charge in [-0.25, -0.2) is 9.80 Å². The van der Waals surface area contributed by atoms with Crippen molar-refractivity contribution in [2.24, 2.45) is 0 Å². The molecule has 1 aliphatic rings. The van der Waals surface area contributed by atoms with Crippen LogP contribution in [-0.2, 0) is 0 Å². The SMILES string of the molecule is O=C(Nc1ccc(Oc2ccccc2)cc1)N1CC(c2ccccc2)=C(c2ccc(OC(F)F)cc2)N1. The van der Waals surface area contributed by atoms with Crippen LogP contribution in [0.2, 0.25) is 0 Å². The number of carbonyl (C=O) groups is 1. The van der Waals surface area contributed by atoms with Gasteiger partial charge < -0.3 is 14.8 Å². The highest BCUT2D eigenvalue weighted by Crippen LogP contribution is 2.32.